The fraction of sp³-hybridized carbons (Fsp3) is 0.400. The van der Waals surface area contributed by atoms with Gasteiger partial charge in [0.2, 0.25) is 5.91 Å². The molecule has 5 heteroatoms. The number of aromatic hydroxyl groups is 1. The SMILES string of the molecule is O=C(CCc1ccc(O)cc1)NCC1CCN(c2ccncc2)CC1. The highest BCUT2D eigenvalue weighted by Gasteiger charge is 2.19. The van der Waals surface area contributed by atoms with Crippen LogP contribution >= 0.6 is 0 Å². The molecule has 1 aromatic carbocycles. The van der Waals surface area contributed by atoms with Crippen LogP contribution in [0.3, 0.4) is 0 Å². The molecular formula is C20H25N3O2. The van der Waals surface area contributed by atoms with E-state index in [1.165, 1.54) is 5.69 Å². The Morgan fingerprint density at radius 2 is 1.80 bits per heavy atom. The van der Waals surface area contributed by atoms with Gasteiger partial charge in [-0.25, -0.2) is 0 Å². The van der Waals surface area contributed by atoms with Crippen LogP contribution in [0.2, 0.25) is 0 Å². The summed E-state index contributed by atoms with van der Waals surface area (Å²) in [6, 6.07) is 11.1. The molecule has 0 saturated carbocycles. The number of aryl methyl sites for hydroxylation is 1. The van der Waals surface area contributed by atoms with Crippen molar-refractivity contribution in [2.45, 2.75) is 25.7 Å². The molecule has 3 rings (SSSR count). The first kappa shape index (κ1) is 17.3. The van der Waals surface area contributed by atoms with Gasteiger partial charge < -0.3 is 15.3 Å². The molecule has 1 amide bonds. The van der Waals surface area contributed by atoms with Crippen LogP contribution in [0.4, 0.5) is 5.69 Å². The summed E-state index contributed by atoms with van der Waals surface area (Å²) in [5, 5.41) is 12.3. The number of pyridine rings is 1. The zero-order chi connectivity index (χ0) is 17.5. The molecule has 25 heavy (non-hydrogen) atoms. The summed E-state index contributed by atoms with van der Waals surface area (Å²) in [5.74, 6) is 0.909. The van der Waals surface area contributed by atoms with Gasteiger partial charge >= 0.3 is 0 Å². The minimum Gasteiger partial charge on any atom is -0.508 e. The third-order valence-corrected chi connectivity index (χ3v) is 4.81. The van der Waals surface area contributed by atoms with E-state index >= 15 is 0 Å². The Kier molecular flexibility index (Phi) is 5.88. The summed E-state index contributed by atoms with van der Waals surface area (Å²) >= 11 is 0. The van der Waals surface area contributed by atoms with Crippen LogP contribution in [-0.2, 0) is 11.2 Å². The van der Waals surface area contributed by atoms with Crippen LogP contribution in [0, 0.1) is 5.92 Å². The van der Waals surface area contributed by atoms with Gasteiger partial charge in [-0.1, -0.05) is 12.1 Å². The van der Waals surface area contributed by atoms with Crippen LogP contribution in [0.25, 0.3) is 0 Å². The van der Waals surface area contributed by atoms with Crippen molar-refractivity contribution in [2.24, 2.45) is 5.92 Å². The number of phenolic OH excluding ortho intramolecular Hbond substituents is 1. The molecule has 1 saturated heterocycles. The van der Waals surface area contributed by atoms with E-state index < -0.39 is 0 Å². The largest absolute Gasteiger partial charge is 0.508 e. The molecule has 1 fully saturated rings. The summed E-state index contributed by atoms with van der Waals surface area (Å²) in [6.07, 6.45) is 7.04. The molecule has 0 bridgehead atoms. The molecule has 0 unspecified atom stereocenters. The third kappa shape index (κ3) is 5.21. The molecule has 0 atom stereocenters. The fourth-order valence-electron chi connectivity index (χ4n) is 3.22. The third-order valence-electron chi connectivity index (χ3n) is 4.81. The number of amides is 1. The predicted octanol–water partition coefficient (Wildman–Crippen LogP) is 2.75. The summed E-state index contributed by atoms with van der Waals surface area (Å²) in [6.45, 7) is 2.81. The first-order valence-corrected chi connectivity index (χ1v) is 8.90. The van der Waals surface area contributed by atoms with Crippen LogP contribution in [0.1, 0.15) is 24.8 Å². The van der Waals surface area contributed by atoms with E-state index in [0.29, 0.717) is 18.8 Å². The van der Waals surface area contributed by atoms with Gasteiger partial charge in [-0.3, -0.25) is 9.78 Å². The van der Waals surface area contributed by atoms with Crippen LogP contribution < -0.4 is 10.2 Å². The number of carbonyl (C=O) groups is 1. The first-order chi connectivity index (χ1) is 12.2. The highest BCUT2D eigenvalue weighted by molar-refractivity contribution is 5.76. The molecule has 132 valence electrons. The molecule has 1 aliphatic rings. The van der Waals surface area contributed by atoms with Crippen molar-refractivity contribution < 1.29 is 9.90 Å². The van der Waals surface area contributed by atoms with E-state index in [2.05, 4.69) is 15.2 Å². The maximum atomic E-state index is 12.0. The van der Waals surface area contributed by atoms with E-state index in [1.807, 2.05) is 36.7 Å². The zero-order valence-electron chi connectivity index (χ0n) is 14.4. The molecule has 2 heterocycles. The Labute approximate surface area is 148 Å². The second-order valence-electron chi connectivity index (χ2n) is 6.61. The van der Waals surface area contributed by atoms with Crippen LogP contribution in [0.5, 0.6) is 5.75 Å². The average Bonchev–Trinajstić information content (AvgIpc) is 2.67. The van der Waals surface area contributed by atoms with Gasteiger partial charge in [-0.15, -0.1) is 0 Å². The fourth-order valence-corrected chi connectivity index (χ4v) is 3.22. The molecule has 0 radical (unpaired) electrons. The van der Waals surface area contributed by atoms with Crippen molar-refractivity contribution in [3.63, 3.8) is 0 Å². The number of piperidine rings is 1. The normalized spacial score (nSPS) is 15.1. The number of hydrogen-bond donors (Lipinski definition) is 2. The molecule has 5 nitrogen and oxygen atoms in total. The number of aromatic nitrogens is 1. The maximum Gasteiger partial charge on any atom is 0.220 e. The van der Waals surface area contributed by atoms with Crippen molar-refractivity contribution in [2.75, 3.05) is 24.5 Å². The van der Waals surface area contributed by atoms with Crippen molar-refractivity contribution in [3.8, 4) is 5.75 Å². The number of carbonyl (C=O) groups excluding carboxylic acids is 1. The van der Waals surface area contributed by atoms with Gasteiger partial charge in [0, 0.05) is 44.1 Å². The van der Waals surface area contributed by atoms with Crippen molar-refractivity contribution in [3.05, 3.63) is 54.4 Å². The Hall–Kier alpha value is -2.56. The van der Waals surface area contributed by atoms with E-state index in [4.69, 9.17) is 0 Å². The van der Waals surface area contributed by atoms with E-state index in [9.17, 15) is 9.90 Å². The number of anilines is 1. The first-order valence-electron chi connectivity index (χ1n) is 8.90. The Bertz CT molecular complexity index is 665. The van der Waals surface area contributed by atoms with Crippen molar-refractivity contribution >= 4 is 11.6 Å². The number of rotatable bonds is 6. The number of phenols is 1. The quantitative estimate of drug-likeness (QED) is 0.849. The average molecular weight is 339 g/mol. The summed E-state index contributed by atoms with van der Waals surface area (Å²) in [5.41, 5.74) is 2.30. The molecule has 1 aromatic heterocycles. The standard InChI is InChI=1S/C20H25N3O2/c24-19-4-1-16(2-5-19)3-6-20(25)22-15-17-9-13-23(14-10-17)18-7-11-21-12-8-18/h1-2,4-5,7-8,11-12,17,24H,3,6,9-10,13-15H2,(H,22,25). The van der Waals surface area contributed by atoms with Gasteiger partial charge in [-0.2, -0.15) is 0 Å². The minimum atomic E-state index is 0.102. The highest BCUT2D eigenvalue weighted by atomic mass is 16.3. The molecule has 2 aromatic rings. The lowest BCUT2D eigenvalue weighted by Crippen LogP contribution is -2.38. The van der Waals surface area contributed by atoms with Crippen LogP contribution in [0.15, 0.2) is 48.8 Å². The van der Waals surface area contributed by atoms with Gasteiger partial charge in [0.25, 0.3) is 0 Å². The van der Waals surface area contributed by atoms with E-state index in [1.54, 1.807) is 12.1 Å². The number of nitrogens with zero attached hydrogens (tertiary/aromatic N) is 2. The Balaban J connectivity index is 1.35. The second-order valence-corrected chi connectivity index (χ2v) is 6.61. The smallest absolute Gasteiger partial charge is 0.220 e. The Morgan fingerprint density at radius 1 is 1.12 bits per heavy atom. The zero-order valence-corrected chi connectivity index (χ0v) is 14.4. The molecular weight excluding hydrogens is 314 g/mol. The number of hydrogen-bond acceptors (Lipinski definition) is 4. The Morgan fingerprint density at radius 3 is 2.48 bits per heavy atom. The summed E-state index contributed by atoms with van der Waals surface area (Å²) < 4.78 is 0. The van der Waals surface area contributed by atoms with Gasteiger partial charge in [-0.05, 0) is 55.0 Å². The minimum absolute atomic E-state index is 0.102. The lowest BCUT2D eigenvalue weighted by molar-refractivity contribution is -0.121. The van der Waals surface area contributed by atoms with Gasteiger partial charge in [0.05, 0.1) is 0 Å². The number of benzene rings is 1. The van der Waals surface area contributed by atoms with Gasteiger partial charge in [0.15, 0.2) is 0 Å². The number of nitrogens with one attached hydrogen (secondary N) is 1. The molecule has 0 spiro atoms. The van der Waals surface area contributed by atoms with E-state index in [0.717, 1.165) is 38.0 Å². The van der Waals surface area contributed by atoms with Crippen molar-refractivity contribution in [1.29, 1.82) is 0 Å². The summed E-state index contributed by atoms with van der Waals surface area (Å²) in [7, 11) is 0. The molecule has 0 aliphatic carbocycles. The summed E-state index contributed by atoms with van der Waals surface area (Å²) in [4.78, 5) is 18.5. The van der Waals surface area contributed by atoms with Crippen molar-refractivity contribution in [1.82, 2.24) is 10.3 Å². The monoisotopic (exact) mass is 339 g/mol. The highest BCUT2D eigenvalue weighted by Crippen LogP contribution is 2.22. The lowest BCUT2D eigenvalue weighted by Gasteiger charge is -2.33. The van der Waals surface area contributed by atoms with Crippen LogP contribution in [-0.4, -0.2) is 35.6 Å². The lowest BCUT2D eigenvalue weighted by atomic mass is 9.96. The van der Waals surface area contributed by atoms with E-state index in [-0.39, 0.29) is 11.7 Å². The van der Waals surface area contributed by atoms with Gasteiger partial charge in [0.1, 0.15) is 5.75 Å². The predicted molar refractivity (Wildman–Crippen MR) is 98.6 cm³/mol. The maximum absolute atomic E-state index is 12.0. The molecule has 2 N–H and O–H groups in total. The second kappa shape index (κ2) is 8.51. The molecule has 1 aliphatic heterocycles. The topological polar surface area (TPSA) is 65.5 Å².